The highest BCUT2D eigenvalue weighted by Crippen LogP contribution is 2.17. The van der Waals surface area contributed by atoms with Gasteiger partial charge in [0, 0.05) is 37.5 Å². The third-order valence-electron chi connectivity index (χ3n) is 4.65. The summed E-state index contributed by atoms with van der Waals surface area (Å²) in [4.78, 5) is 20.0. The van der Waals surface area contributed by atoms with Crippen molar-refractivity contribution >= 4 is 23.2 Å². The number of thiophene rings is 1. The van der Waals surface area contributed by atoms with Crippen LogP contribution in [-0.4, -0.2) is 36.4 Å². The van der Waals surface area contributed by atoms with Crippen molar-refractivity contribution in [2.45, 2.75) is 39.3 Å². The molecule has 1 aromatic carbocycles. The van der Waals surface area contributed by atoms with Crippen LogP contribution in [0.3, 0.4) is 0 Å². The molecule has 0 aliphatic carbocycles. The summed E-state index contributed by atoms with van der Waals surface area (Å²) in [5.41, 5.74) is 2.36. The molecule has 27 heavy (non-hydrogen) atoms. The molecule has 2 heterocycles. The minimum Gasteiger partial charge on any atom is -0.357 e. The van der Waals surface area contributed by atoms with Crippen LogP contribution in [0.2, 0.25) is 0 Å². The maximum atomic E-state index is 11.9. The Hall–Kier alpha value is -2.34. The number of hydrogen-bond acceptors (Lipinski definition) is 3. The maximum Gasteiger partial charge on any atom is 0.222 e. The summed E-state index contributed by atoms with van der Waals surface area (Å²) in [7, 11) is 0. The zero-order valence-corrected chi connectivity index (χ0v) is 16.7. The SMILES string of the molecule is CCNC(=NCc1ccccc1CN1CCCC1=O)NCCc1cccs1. The van der Waals surface area contributed by atoms with E-state index in [2.05, 4.69) is 47.2 Å². The van der Waals surface area contributed by atoms with Gasteiger partial charge in [0.1, 0.15) is 0 Å². The largest absolute Gasteiger partial charge is 0.357 e. The molecule has 3 rings (SSSR count). The van der Waals surface area contributed by atoms with Gasteiger partial charge in [-0.15, -0.1) is 11.3 Å². The fourth-order valence-electron chi connectivity index (χ4n) is 3.21. The summed E-state index contributed by atoms with van der Waals surface area (Å²) in [6, 6.07) is 12.5. The molecule has 1 aromatic heterocycles. The predicted molar refractivity (Wildman–Crippen MR) is 112 cm³/mol. The summed E-state index contributed by atoms with van der Waals surface area (Å²) in [6.07, 6.45) is 2.65. The van der Waals surface area contributed by atoms with Gasteiger partial charge in [0.2, 0.25) is 5.91 Å². The number of likely N-dealkylation sites (tertiary alicyclic amines) is 1. The van der Waals surface area contributed by atoms with Gasteiger partial charge in [0.15, 0.2) is 5.96 Å². The molecule has 1 aliphatic heterocycles. The number of nitrogens with zero attached hydrogens (tertiary/aromatic N) is 2. The molecular weight excluding hydrogens is 356 g/mol. The first kappa shape index (κ1) is 19.4. The average molecular weight is 385 g/mol. The fourth-order valence-corrected chi connectivity index (χ4v) is 3.92. The molecule has 2 N–H and O–H groups in total. The summed E-state index contributed by atoms with van der Waals surface area (Å²) in [5, 5.41) is 8.83. The van der Waals surface area contributed by atoms with Crippen LogP contribution >= 0.6 is 11.3 Å². The molecule has 0 unspecified atom stereocenters. The van der Waals surface area contributed by atoms with Gasteiger partial charge >= 0.3 is 0 Å². The van der Waals surface area contributed by atoms with Crippen molar-refractivity contribution in [3.05, 3.63) is 57.8 Å². The summed E-state index contributed by atoms with van der Waals surface area (Å²) >= 11 is 1.78. The molecule has 1 fully saturated rings. The van der Waals surface area contributed by atoms with E-state index in [1.807, 2.05) is 17.0 Å². The highest BCUT2D eigenvalue weighted by atomic mass is 32.1. The van der Waals surface area contributed by atoms with Gasteiger partial charge in [-0.25, -0.2) is 4.99 Å². The van der Waals surface area contributed by atoms with Gasteiger partial charge in [-0.1, -0.05) is 30.3 Å². The quantitative estimate of drug-likeness (QED) is 0.543. The van der Waals surface area contributed by atoms with Crippen molar-refractivity contribution in [2.75, 3.05) is 19.6 Å². The number of amides is 1. The van der Waals surface area contributed by atoms with E-state index >= 15 is 0 Å². The number of guanidine groups is 1. The van der Waals surface area contributed by atoms with E-state index in [-0.39, 0.29) is 5.91 Å². The lowest BCUT2D eigenvalue weighted by Crippen LogP contribution is -2.38. The van der Waals surface area contributed by atoms with Gasteiger partial charge in [-0.2, -0.15) is 0 Å². The lowest BCUT2D eigenvalue weighted by Gasteiger charge is -2.18. The second kappa shape index (κ2) is 10.1. The molecule has 1 saturated heterocycles. The van der Waals surface area contributed by atoms with E-state index in [9.17, 15) is 4.79 Å². The number of benzene rings is 1. The monoisotopic (exact) mass is 384 g/mol. The molecule has 0 atom stereocenters. The smallest absolute Gasteiger partial charge is 0.222 e. The number of carbonyl (C=O) groups excluding carboxylic acids is 1. The molecule has 0 saturated carbocycles. The van der Waals surface area contributed by atoms with E-state index < -0.39 is 0 Å². The zero-order chi connectivity index (χ0) is 18.9. The summed E-state index contributed by atoms with van der Waals surface area (Å²) in [6.45, 7) is 5.91. The minimum absolute atomic E-state index is 0.261. The third kappa shape index (κ3) is 5.82. The van der Waals surface area contributed by atoms with Gasteiger partial charge < -0.3 is 15.5 Å². The Bertz CT molecular complexity index is 757. The van der Waals surface area contributed by atoms with Crippen LogP contribution in [0.4, 0.5) is 0 Å². The van der Waals surface area contributed by atoms with E-state index in [0.29, 0.717) is 19.5 Å². The predicted octanol–water partition coefficient (Wildman–Crippen LogP) is 3.17. The van der Waals surface area contributed by atoms with Crippen molar-refractivity contribution in [1.82, 2.24) is 15.5 Å². The summed E-state index contributed by atoms with van der Waals surface area (Å²) < 4.78 is 0. The number of carbonyl (C=O) groups is 1. The van der Waals surface area contributed by atoms with E-state index in [0.717, 1.165) is 38.4 Å². The zero-order valence-electron chi connectivity index (χ0n) is 15.9. The Morgan fingerprint density at radius 2 is 2.04 bits per heavy atom. The van der Waals surface area contributed by atoms with Crippen LogP contribution in [0.15, 0.2) is 46.8 Å². The first-order valence-corrected chi connectivity index (χ1v) is 10.5. The van der Waals surface area contributed by atoms with Crippen LogP contribution in [0.25, 0.3) is 0 Å². The van der Waals surface area contributed by atoms with Crippen molar-refractivity contribution in [2.24, 2.45) is 4.99 Å². The van der Waals surface area contributed by atoms with Gasteiger partial charge in [0.25, 0.3) is 0 Å². The first-order chi connectivity index (χ1) is 13.3. The topological polar surface area (TPSA) is 56.7 Å². The van der Waals surface area contributed by atoms with Crippen molar-refractivity contribution in [3.63, 3.8) is 0 Å². The normalized spacial score (nSPS) is 14.6. The van der Waals surface area contributed by atoms with Crippen molar-refractivity contribution < 1.29 is 4.79 Å². The number of aliphatic imine (C=N–C) groups is 1. The van der Waals surface area contributed by atoms with Crippen molar-refractivity contribution in [1.29, 1.82) is 0 Å². The van der Waals surface area contributed by atoms with Crippen LogP contribution in [0.1, 0.15) is 35.8 Å². The van der Waals surface area contributed by atoms with Crippen LogP contribution in [0, 0.1) is 0 Å². The number of nitrogens with one attached hydrogen (secondary N) is 2. The number of rotatable bonds is 8. The first-order valence-electron chi connectivity index (χ1n) is 9.65. The molecule has 1 aliphatic rings. The second-order valence-electron chi connectivity index (χ2n) is 6.64. The number of hydrogen-bond donors (Lipinski definition) is 2. The van der Waals surface area contributed by atoms with E-state index in [1.165, 1.54) is 16.0 Å². The molecule has 0 bridgehead atoms. The molecular formula is C21H28N4OS. The Kier molecular flexibility index (Phi) is 7.27. The van der Waals surface area contributed by atoms with Gasteiger partial charge in [-0.3, -0.25) is 4.79 Å². The van der Waals surface area contributed by atoms with Gasteiger partial charge in [-0.05, 0) is 42.3 Å². The molecule has 0 radical (unpaired) electrons. The summed E-state index contributed by atoms with van der Waals surface area (Å²) in [5.74, 6) is 1.10. The Morgan fingerprint density at radius 1 is 1.19 bits per heavy atom. The second-order valence-corrected chi connectivity index (χ2v) is 7.67. The lowest BCUT2D eigenvalue weighted by atomic mass is 10.1. The molecule has 5 nitrogen and oxygen atoms in total. The molecule has 144 valence electrons. The molecule has 0 spiro atoms. The molecule has 1 amide bonds. The Morgan fingerprint density at radius 3 is 2.74 bits per heavy atom. The van der Waals surface area contributed by atoms with Crippen LogP contribution < -0.4 is 10.6 Å². The minimum atomic E-state index is 0.261. The Labute approximate surface area is 165 Å². The van der Waals surface area contributed by atoms with Crippen LogP contribution in [0.5, 0.6) is 0 Å². The Balaban J connectivity index is 1.60. The van der Waals surface area contributed by atoms with Crippen molar-refractivity contribution in [3.8, 4) is 0 Å². The molecule has 6 heteroatoms. The lowest BCUT2D eigenvalue weighted by molar-refractivity contribution is -0.128. The van der Waals surface area contributed by atoms with E-state index in [1.54, 1.807) is 11.3 Å². The van der Waals surface area contributed by atoms with E-state index in [4.69, 9.17) is 4.99 Å². The average Bonchev–Trinajstić information content (AvgIpc) is 3.33. The third-order valence-corrected chi connectivity index (χ3v) is 5.58. The fraction of sp³-hybridized carbons (Fsp3) is 0.429. The standard InChI is InChI=1S/C21H28N4OS/c1-2-22-21(23-12-11-19-9-6-14-27-19)24-15-17-7-3-4-8-18(17)16-25-13-5-10-20(25)26/h3-4,6-9,14H,2,5,10-13,15-16H2,1H3,(H2,22,23,24). The highest BCUT2D eigenvalue weighted by molar-refractivity contribution is 7.09. The molecule has 2 aromatic rings. The van der Waals surface area contributed by atoms with Crippen LogP contribution in [-0.2, 0) is 24.3 Å². The highest BCUT2D eigenvalue weighted by Gasteiger charge is 2.20. The maximum absolute atomic E-state index is 11.9. The van der Waals surface area contributed by atoms with Gasteiger partial charge in [0.05, 0.1) is 6.54 Å².